The van der Waals surface area contributed by atoms with Gasteiger partial charge in [-0.05, 0) is 51.5 Å². The fraction of sp³-hybridized carbons (Fsp3) is 0.568. The lowest BCUT2D eigenvalue weighted by molar-refractivity contribution is 0.300. The lowest BCUT2D eigenvalue weighted by Gasteiger charge is -2.30. The van der Waals surface area contributed by atoms with Crippen LogP contribution in [0.25, 0.3) is 11.6 Å². The smallest absolute Gasteiger partial charge is 0.256 e. The molecule has 2 N–H and O–H groups in total. The van der Waals surface area contributed by atoms with Crippen molar-refractivity contribution in [2.75, 3.05) is 85.2 Å². The Morgan fingerprint density at radius 3 is 1.90 bits per heavy atom. The minimum absolute atomic E-state index is 0. The van der Waals surface area contributed by atoms with Crippen LogP contribution >= 0.6 is 0 Å². The van der Waals surface area contributed by atoms with Crippen LogP contribution in [0.4, 0.5) is 23.3 Å². The SMILES string of the molecule is C.CCCCCN(CCO)c1cc(N2CCCCC2)nc2ncnn12.CCN(CC)c1cc(N(CCO)CCc2ccccc2)n2ncnc2n1. The summed E-state index contributed by atoms with van der Waals surface area (Å²) in [4.78, 5) is 26.8. The highest BCUT2D eigenvalue weighted by molar-refractivity contribution is 5.58. The van der Waals surface area contributed by atoms with E-state index in [1.807, 2.05) is 24.3 Å². The fourth-order valence-corrected chi connectivity index (χ4v) is 6.40. The van der Waals surface area contributed by atoms with E-state index in [4.69, 9.17) is 0 Å². The normalized spacial score (nSPS) is 12.8. The van der Waals surface area contributed by atoms with E-state index in [1.54, 1.807) is 15.4 Å². The lowest BCUT2D eigenvalue weighted by Crippen LogP contribution is -2.33. The number of hydrogen-bond acceptors (Lipinski definition) is 12. The second-order valence-electron chi connectivity index (χ2n) is 12.5. The van der Waals surface area contributed by atoms with Gasteiger partial charge < -0.3 is 29.8 Å². The third-order valence-corrected chi connectivity index (χ3v) is 9.14. The lowest BCUT2D eigenvalue weighted by atomic mass is 10.1. The Balaban J connectivity index is 0.000000225. The van der Waals surface area contributed by atoms with Gasteiger partial charge in [0.2, 0.25) is 0 Å². The van der Waals surface area contributed by atoms with Gasteiger partial charge >= 0.3 is 0 Å². The van der Waals surface area contributed by atoms with Gasteiger partial charge in [0.05, 0.1) is 13.2 Å². The van der Waals surface area contributed by atoms with E-state index in [2.05, 4.69) is 88.7 Å². The molecule has 6 rings (SSSR count). The van der Waals surface area contributed by atoms with E-state index < -0.39 is 0 Å². The summed E-state index contributed by atoms with van der Waals surface area (Å²) in [5.74, 6) is 4.94. The molecular formula is C37H58N12O2. The fourth-order valence-electron chi connectivity index (χ4n) is 6.40. The number of rotatable bonds is 17. The minimum Gasteiger partial charge on any atom is -0.395 e. The number of aromatic nitrogens is 8. The number of aliphatic hydroxyl groups is 2. The molecule has 0 amide bonds. The summed E-state index contributed by atoms with van der Waals surface area (Å²) in [6.45, 7) is 13.3. The van der Waals surface area contributed by atoms with Gasteiger partial charge in [-0.15, -0.1) is 0 Å². The third kappa shape index (κ3) is 10.3. The summed E-state index contributed by atoms with van der Waals surface area (Å²) in [7, 11) is 0. The van der Waals surface area contributed by atoms with Crippen LogP contribution in [-0.2, 0) is 6.42 Å². The number of unbranched alkanes of at least 4 members (excludes halogenated alkanes) is 2. The molecule has 0 saturated carbocycles. The van der Waals surface area contributed by atoms with Crippen LogP contribution in [0.5, 0.6) is 0 Å². The minimum atomic E-state index is 0. The van der Waals surface area contributed by atoms with Crippen molar-refractivity contribution in [3.63, 3.8) is 0 Å². The van der Waals surface area contributed by atoms with Crippen molar-refractivity contribution in [3.8, 4) is 0 Å². The van der Waals surface area contributed by atoms with Crippen LogP contribution in [0.15, 0.2) is 55.1 Å². The average Bonchev–Trinajstić information content (AvgIpc) is 3.84. The molecule has 278 valence electrons. The first-order chi connectivity index (χ1) is 24.6. The van der Waals surface area contributed by atoms with Crippen LogP contribution in [-0.4, -0.2) is 115 Å². The predicted octanol–water partition coefficient (Wildman–Crippen LogP) is 4.75. The van der Waals surface area contributed by atoms with Crippen LogP contribution in [0.1, 0.15) is 72.3 Å². The Labute approximate surface area is 302 Å². The molecule has 51 heavy (non-hydrogen) atoms. The number of anilines is 4. The molecular weight excluding hydrogens is 644 g/mol. The molecule has 0 spiro atoms. The zero-order valence-electron chi connectivity index (χ0n) is 30.0. The van der Waals surface area contributed by atoms with Crippen molar-refractivity contribution in [1.82, 2.24) is 39.2 Å². The second kappa shape index (κ2) is 20.3. The van der Waals surface area contributed by atoms with Gasteiger partial charge in [-0.1, -0.05) is 57.5 Å². The number of benzene rings is 1. The van der Waals surface area contributed by atoms with E-state index in [1.165, 1.54) is 44.0 Å². The summed E-state index contributed by atoms with van der Waals surface area (Å²) in [5.41, 5.74) is 1.27. The summed E-state index contributed by atoms with van der Waals surface area (Å²) in [5, 5.41) is 27.7. The highest BCUT2D eigenvalue weighted by Gasteiger charge is 2.19. The van der Waals surface area contributed by atoms with Crippen molar-refractivity contribution in [3.05, 3.63) is 60.7 Å². The maximum Gasteiger partial charge on any atom is 0.256 e. The molecule has 0 radical (unpaired) electrons. The van der Waals surface area contributed by atoms with Gasteiger partial charge in [-0.3, -0.25) is 0 Å². The summed E-state index contributed by atoms with van der Waals surface area (Å²) in [6, 6.07) is 14.5. The predicted molar refractivity (Wildman–Crippen MR) is 206 cm³/mol. The molecule has 1 aromatic carbocycles. The van der Waals surface area contributed by atoms with Crippen molar-refractivity contribution >= 4 is 34.8 Å². The zero-order chi connectivity index (χ0) is 35.1. The molecule has 14 heteroatoms. The Bertz CT molecular complexity index is 1700. The van der Waals surface area contributed by atoms with Gasteiger partial charge in [0.15, 0.2) is 0 Å². The Morgan fingerprint density at radius 1 is 0.686 bits per heavy atom. The van der Waals surface area contributed by atoms with Crippen LogP contribution < -0.4 is 19.6 Å². The number of aliphatic hydroxyl groups excluding tert-OH is 2. The molecule has 1 aliphatic rings. The highest BCUT2D eigenvalue weighted by atomic mass is 16.3. The molecule has 0 atom stereocenters. The van der Waals surface area contributed by atoms with E-state index in [9.17, 15) is 10.2 Å². The molecule has 1 fully saturated rings. The van der Waals surface area contributed by atoms with Gasteiger partial charge in [0.1, 0.15) is 35.9 Å². The number of fused-ring (bicyclic) bond motifs is 2. The van der Waals surface area contributed by atoms with Crippen molar-refractivity contribution in [1.29, 1.82) is 0 Å². The van der Waals surface area contributed by atoms with Crippen molar-refractivity contribution in [2.24, 2.45) is 0 Å². The Kier molecular flexibility index (Phi) is 15.6. The molecule has 0 aliphatic carbocycles. The molecule has 14 nitrogen and oxygen atoms in total. The maximum absolute atomic E-state index is 9.58. The number of piperidine rings is 1. The highest BCUT2D eigenvalue weighted by Crippen LogP contribution is 2.25. The summed E-state index contributed by atoms with van der Waals surface area (Å²) >= 11 is 0. The van der Waals surface area contributed by atoms with Gasteiger partial charge in [-0.25, -0.2) is 0 Å². The van der Waals surface area contributed by atoms with Gasteiger partial charge in [0, 0.05) is 64.5 Å². The van der Waals surface area contributed by atoms with Crippen molar-refractivity contribution in [2.45, 2.75) is 73.1 Å². The monoisotopic (exact) mass is 702 g/mol. The first-order valence-electron chi connectivity index (χ1n) is 18.3. The van der Waals surface area contributed by atoms with Gasteiger partial charge in [0.25, 0.3) is 11.6 Å². The standard InChI is InChI=1S/C19H26N6O.C17H28N6O.CH4/c1-3-23(4-2)17-14-18(25-19(22-17)20-15-21-25)24(12-13-26)11-10-16-8-6-5-7-9-16;1-2-3-5-10-22(11-12-24)16-13-15(21-8-6-4-7-9-21)20-17-18-14-19-23(16)17;/h5-9,14-15,26H,3-4,10-13H2,1-2H3;13-14,24H,2-12H2,1H3;1H4. The average molecular weight is 703 g/mol. The first kappa shape index (κ1) is 39.2. The molecule has 1 aliphatic heterocycles. The number of hydrogen-bond donors (Lipinski definition) is 2. The topological polar surface area (TPSA) is 140 Å². The second-order valence-corrected chi connectivity index (χ2v) is 12.5. The first-order valence-corrected chi connectivity index (χ1v) is 18.3. The molecule has 5 heterocycles. The zero-order valence-corrected chi connectivity index (χ0v) is 30.0. The van der Waals surface area contributed by atoms with Crippen LogP contribution in [0, 0.1) is 0 Å². The summed E-state index contributed by atoms with van der Waals surface area (Å²) in [6.07, 6.45) is 11.2. The quantitative estimate of drug-likeness (QED) is 0.129. The summed E-state index contributed by atoms with van der Waals surface area (Å²) < 4.78 is 3.53. The Morgan fingerprint density at radius 2 is 1.29 bits per heavy atom. The van der Waals surface area contributed by atoms with E-state index in [0.29, 0.717) is 24.6 Å². The molecule has 5 aromatic rings. The maximum atomic E-state index is 9.58. The van der Waals surface area contributed by atoms with Gasteiger partial charge in [-0.2, -0.15) is 39.2 Å². The molecule has 4 aromatic heterocycles. The Hall–Kier alpha value is -4.56. The van der Waals surface area contributed by atoms with Crippen LogP contribution in [0.2, 0.25) is 0 Å². The van der Waals surface area contributed by atoms with Crippen molar-refractivity contribution < 1.29 is 10.2 Å². The third-order valence-electron chi connectivity index (χ3n) is 9.14. The van der Waals surface area contributed by atoms with E-state index in [0.717, 1.165) is 75.4 Å². The largest absolute Gasteiger partial charge is 0.395 e. The molecule has 0 bridgehead atoms. The molecule has 0 unspecified atom stereocenters. The molecule has 1 saturated heterocycles. The number of nitrogens with zero attached hydrogens (tertiary/aromatic N) is 12. The van der Waals surface area contributed by atoms with Crippen LogP contribution in [0.3, 0.4) is 0 Å². The van der Waals surface area contributed by atoms with E-state index >= 15 is 0 Å². The van der Waals surface area contributed by atoms with E-state index in [-0.39, 0.29) is 20.6 Å².